The summed E-state index contributed by atoms with van der Waals surface area (Å²) in [7, 11) is 0. The van der Waals surface area contributed by atoms with Crippen molar-refractivity contribution in [3.8, 4) is 0 Å². The zero-order valence-electron chi connectivity index (χ0n) is 7.34. The fourth-order valence-electron chi connectivity index (χ4n) is 1.30. The smallest absolute Gasteiger partial charge is 0.159 e. The van der Waals surface area contributed by atoms with Crippen molar-refractivity contribution < 1.29 is 0 Å². The molecule has 68 valence electrons. The molecule has 1 heterocycles. The third-order valence-electron chi connectivity index (χ3n) is 2.21. The van der Waals surface area contributed by atoms with Crippen molar-refractivity contribution in [1.29, 1.82) is 0 Å². The van der Waals surface area contributed by atoms with E-state index >= 15 is 0 Å². The Balaban J connectivity index is 3.00. The Kier molecular flexibility index (Phi) is 2.21. The van der Waals surface area contributed by atoms with Crippen LogP contribution in [0.25, 0.3) is 10.2 Å². The third kappa shape index (κ3) is 1.43. The second-order valence-electron chi connectivity index (χ2n) is 3.05. The second kappa shape index (κ2) is 3.12. The van der Waals surface area contributed by atoms with Gasteiger partial charge in [0.1, 0.15) is 0 Å². The van der Waals surface area contributed by atoms with Crippen LogP contribution in [0.4, 0.5) is 0 Å². The van der Waals surface area contributed by atoms with Gasteiger partial charge in [0.2, 0.25) is 0 Å². The number of rotatable bonds is 0. The lowest BCUT2D eigenvalue weighted by Gasteiger charge is -2.03. The molecule has 1 nitrogen and oxygen atoms in total. The maximum absolute atomic E-state index is 5.09. The average molecular weight is 227 g/mol. The van der Waals surface area contributed by atoms with Gasteiger partial charge in [-0.05, 0) is 43.3 Å². The number of benzene rings is 1. The predicted molar refractivity (Wildman–Crippen MR) is 63.7 cm³/mol. The Bertz CT molecular complexity index is 521. The predicted octanol–water partition coefficient (Wildman–Crippen LogP) is 3.86. The lowest BCUT2D eigenvalue weighted by molar-refractivity contribution is 1.25. The fraction of sp³-hybridized carbons (Fsp3) is 0.222. The summed E-state index contributed by atoms with van der Waals surface area (Å²) in [5.41, 5.74) is 3.56. The van der Waals surface area contributed by atoms with E-state index < -0.39 is 0 Å². The molecule has 0 aliphatic rings. The van der Waals surface area contributed by atoms with E-state index in [4.69, 9.17) is 12.2 Å². The number of aryl methyl sites for hydroxylation is 1. The normalized spacial score (nSPS) is 11.0. The monoisotopic (exact) mass is 227 g/mol. The Morgan fingerprint density at radius 2 is 2.15 bits per heavy atom. The Labute approximate surface area is 91.2 Å². The van der Waals surface area contributed by atoms with Gasteiger partial charge in [-0.1, -0.05) is 0 Å². The summed E-state index contributed by atoms with van der Waals surface area (Å²) in [4.78, 5) is 4.17. The first-order chi connectivity index (χ1) is 6.09. The molecule has 0 unspecified atom stereocenters. The quantitative estimate of drug-likeness (QED) is 0.516. The summed E-state index contributed by atoms with van der Waals surface area (Å²) in [6.45, 7) is 4.17. The highest BCUT2D eigenvalue weighted by Gasteiger charge is 2.06. The van der Waals surface area contributed by atoms with Crippen molar-refractivity contribution in [2.24, 2.45) is 0 Å². The van der Waals surface area contributed by atoms with Gasteiger partial charge in [-0.25, -0.2) is 0 Å². The van der Waals surface area contributed by atoms with Gasteiger partial charge in [0.15, 0.2) is 3.95 Å². The molecule has 2 aromatic rings. The maximum Gasteiger partial charge on any atom is 0.159 e. The van der Waals surface area contributed by atoms with Crippen LogP contribution in [-0.4, -0.2) is 4.98 Å². The lowest BCUT2D eigenvalue weighted by atomic mass is 10.1. The van der Waals surface area contributed by atoms with Gasteiger partial charge in [-0.3, -0.25) is 0 Å². The molecule has 1 N–H and O–H groups in total. The van der Waals surface area contributed by atoms with E-state index in [1.807, 2.05) is 0 Å². The third-order valence-corrected chi connectivity index (χ3v) is 3.95. The molecule has 0 aliphatic carbocycles. The van der Waals surface area contributed by atoms with Gasteiger partial charge in [-0.2, -0.15) is 0 Å². The van der Waals surface area contributed by atoms with Gasteiger partial charge < -0.3 is 4.98 Å². The summed E-state index contributed by atoms with van der Waals surface area (Å²) in [6.07, 6.45) is 0. The standard InChI is InChI=1S/C9H9NS3/c1-4-3-6-7(8(11)5(4)2)10-9(12)13-6/h3,11H,1-2H3,(H,10,12). The van der Waals surface area contributed by atoms with E-state index in [1.54, 1.807) is 11.3 Å². The highest BCUT2D eigenvalue weighted by molar-refractivity contribution is 7.80. The summed E-state index contributed by atoms with van der Waals surface area (Å²) >= 11 is 11.2. The molecule has 0 radical (unpaired) electrons. The Morgan fingerprint density at radius 3 is 2.85 bits per heavy atom. The molecule has 2 rings (SSSR count). The first-order valence-corrected chi connectivity index (χ1v) is 5.59. The Hall–Kier alpha value is -0.320. The van der Waals surface area contributed by atoms with Crippen molar-refractivity contribution in [1.82, 2.24) is 4.98 Å². The van der Waals surface area contributed by atoms with E-state index in [2.05, 4.69) is 37.5 Å². The van der Waals surface area contributed by atoms with Crippen molar-refractivity contribution >= 4 is 46.4 Å². The number of hydrogen-bond acceptors (Lipinski definition) is 3. The van der Waals surface area contributed by atoms with Crippen LogP contribution in [0.15, 0.2) is 11.0 Å². The van der Waals surface area contributed by atoms with Crippen LogP contribution < -0.4 is 0 Å². The largest absolute Gasteiger partial charge is 0.336 e. The zero-order valence-corrected chi connectivity index (χ0v) is 9.87. The number of H-pyrrole nitrogens is 1. The van der Waals surface area contributed by atoms with E-state index in [-0.39, 0.29) is 0 Å². The van der Waals surface area contributed by atoms with Gasteiger partial charge >= 0.3 is 0 Å². The molecule has 1 aromatic carbocycles. The highest BCUT2D eigenvalue weighted by Crippen LogP contribution is 2.30. The summed E-state index contributed by atoms with van der Waals surface area (Å²) in [5, 5.41) is 0. The molecule has 0 fully saturated rings. The van der Waals surface area contributed by atoms with Gasteiger partial charge in [0, 0.05) is 4.90 Å². The van der Waals surface area contributed by atoms with Crippen molar-refractivity contribution in [2.45, 2.75) is 18.7 Å². The van der Waals surface area contributed by atoms with Crippen LogP contribution >= 0.6 is 36.2 Å². The molecular formula is C9H9NS3. The second-order valence-corrected chi connectivity index (χ2v) is 5.22. The molecule has 0 atom stereocenters. The van der Waals surface area contributed by atoms with Gasteiger partial charge in [0.05, 0.1) is 10.2 Å². The fourth-order valence-corrected chi connectivity index (χ4v) is 2.94. The number of hydrogen-bond donors (Lipinski definition) is 2. The van der Waals surface area contributed by atoms with Crippen LogP contribution in [0.1, 0.15) is 11.1 Å². The van der Waals surface area contributed by atoms with E-state index in [0.717, 1.165) is 14.4 Å². The summed E-state index contributed by atoms with van der Waals surface area (Å²) in [6, 6.07) is 2.15. The number of nitrogens with one attached hydrogen (secondary N) is 1. The lowest BCUT2D eigenvalue weighted by Crippen LogP contribution is -1.83. The highest BCUT2D eigenvalue weighted by atomic mass is 32.1. The molecule has 13 heavy (non-hydrogen) atoms. The number of fused-ring (bicyclic) bond motifs is 1. The van der Waals surface area contributed by atoms with Crippen molar-refractivity contribution in [3.05, 3.63) is 21.1 Å². The van der Waals surface area contributed by atoms with Gasteiger partial charge in [0.25, 0.3) is 0 Å². The van der Waals surface area contributed by atoms with Crippen LogP contribution in [0.5, 0.6) is 0 Å². The van der Waals surface area contributed by atoms with E-state index in [0.29, 0.717) is 0 Å². The number of aromatic amines is 1. The van der Waals surface area contributed by atoms with Crippen LogP contribution in [0.2, 0.25) is 0 Å². The Morgan fingerprint density at radius 1 is 1.46 bits per heavy atom. The minimum absolute atomic E-state index is 0.815. The number of thiol groups is 1. The molecule has 0 spiro atoms. The molecule has 0 aliphatic heterocycles. The van der Waals surface area contributed by atoms with Crippen LogP contribution in [0, 0.1) is 17.8 Å². The minimum atomic E-state index is 0.815. The van der Waals surface area contributed by atoms with Crippen molar-refractivity contribution in [2.75, 3.05) is 0 Å². The summed E-state index contributed by atoms with van der Waals surface area (Å²) < 4.78 is 2.01. The zero-order chi connectivity index (χ0) is 9.59. The van der Waals surface area contributed by atoms with Crippen LogP contribution in [-0.2, 0) is 0 Å². The van der Waals surface area contributed by atoms with Gasteiger partial charge in [-0.15, -0.1) is 24.0 Å². The van der Waals surface area contributed by atoms with E-state index in [1.165, 1.54) is 15.8 Å². The van der Waals surface area contributed by atoms with Crippen LogP contribution in [0.3, 0.4) is 0 Å². The number of thiazole rings is 1. The first kappa shape index (κ1) is 9.24. The minimum Gasteiger partial charge on any atom is -0.336 e. The maximum atomic E-state index is 5.09. The molecule has 0 amide bonds. The number of aromatic nitrogens is 1. The summed E-state index contributed by atoms with van der Waals surface area (Å²) in [5.74, 6) is 0. The SMILES string of the molecule is Cc1cc2sc(=S)[nH]c2c(S)c1C. The molecule has 0 bridgehead atoms. The topological polar surface area (TPSA) is 15.8 Å². The average Bonchev–Trinajstić information content (AvgIpc) is 2.42. The first-order valence-electron chi connectivity index (χ1n) is 3.91. The molecule has 0 saturated heterocycles. The van der Waals surface area contributed by atoms with E-state index in [9.17, 15) is 0 Å². The molecule has 0 saturated carbocycles. The molecule has 4 heteroatoms. The van der Waals surface area contributed by atoms with Crippen molar-refractivity contribution in [3.63, 3.8) is 0 Å². The molecular weight excluding hydrogens is 218 g/mol. The molecule has 1 aromatic heterocycles.